The smallest absolute Gasteiger partial charge is 0.150 e. The largest absolute Gasteiger partial charge is 0.455 e. The van der Waals surface area contributed by atoms with Gasteiger partial charge in [0, 0.05) is 37.2 Å². The van der Waals surface area contributed by atoms with Crippen LogP contribution in [0.2, 0.25) is 0 Å². The number of pyridine rings is 1. The van der Waals surface area contributed by atoms with Crippen molar-refractivity contribution < 1.29 is 4.74 Å². The van der Waals surface area contributed by atoms with Gasteiger partial charge < -0.3 is 10.1 Å². The Labute approximate surface area is 153 Å². The van der Waals surface area contributed by atoms with Gasteiger partial charge in [0.25, 0.3) is 0 Å². The van der Waals surface area contributed by atoms with Crippen LogP contribution in [0, 0.1) is 0 Å². The van der Waals surface area contributed by atoms with Gasteiger partial charge in [-0.05, 0) is 24.6 Å². The lowest BCUT2D eigenvalue weighted by molar-refractivity contribution is 0.355. The second-order valence-electron chi connectivity index (χ2n) is 6.49. The van der Waals surface area contributed by atoms with Gasteiger partial charge in [0.05, 0.1) is 12.7 Å². The number of fused-ring (bicyclic) bond motifs is 1. The van der Waals surface area contributed by atoms with E-state index in [0.717, 1.165) is 61.1 Å². The first-order valence-corrected chi connectivity index (χ1v) is 9.13. The highest BCUT2D eigenvalue weighted by Gasteiger charge is 2.21. The van der Waals surface area contributed by atoms with Crippen molar-refractivity contribution in [2.24, 2.45) is 0 Å². The monoisotopic (exact) mass is 349 g/mol. The van der Waals surface area contributed by atoms with Gasteiger partial charge in [-0.1, -0.05) is 25.1 Å². The molecule has 0 saturated carbocycles. The minimum atomic E-state index is 0.389. The van der Waals surface area contributed by atoms with Crippen LogP contribution >= 0.6 is 0 Å². The summed E-state index contributed by atoms with van der Waals surface area (Å²) in [6.07, 6.45) is 6.40. The lowest BCUT2D eigenvalue weighted by Gasteiger charge is -2.24. The van der Waals surface area contributed by atoms with Crippen molar-refractivity contribution in [1.29, 1.82) is 0 Å². The van der Waals surface area contributed by atoms with Crippen LogP contribution in [0.15, 0.2) is 48.8 Å². The maximum absolute atomic E-state index is 5.99. The van der Waals surface area contributed by atoms with Gasteiger partial charge in [0.2, 0.25) is 0 Å². The molecular weight excluding hydrogens is 326 g/mol. The molecule has 0 radical (unpaired) electrons. The molecule has 1 aromatic carbocycles. The fraction of sp³-hybridized carbons (Fsp3) is 0.350. The third-order valence-electron chi connectivity index (χ3n) is 4.63. The Bertz CT molecular complexity index is 862. The highest BCUT2D eigenvalue weighted by molar-refractivity contribution is 5.37. The van der Waals surface area contributed by atoms with Crippen molar-refractivity contribution in [3.05, 3.63) is 66.0 Å². The molecule has 0 saturated heterocycles. The van der Waals surface area contributed by atoms with Crippen molar-refractivity contribution in [1.82, 2.24) is 25.1 Å². The predicted octanol–water partition coefficient (Wildman–Crippen LogP) is 3.13. The van der Waals surface area contributed by atoms with E-state index < -0.39 is 0 Å². The molecule has 1 N–H and O–H groups in total. The number of hydrogen-bond acceptors (Lipinski definition) is 5. The van der Waals surface area contributed by atoms with Crippen LogP contribution < -0.4 is 10.1 Å². The van der Waals surface area contributed by atoms with Gasteiger partial charge in [-0.2, -0.15) is 5.10 Å². The Balaban J connectivity index is 1.41. The van der Waals surface area contributed by atoms with E-state index in [1.165, 1.54) is 0 Å². The van der Waals surface area contributed by atoms with E-state index in [1.807, 2.05) is 30.3 Å². The molecule has 26 heavy (non-hydrogen) atoms. The van der Waals surface area contributed by atoms with Gasteiger partial charge in [-0.15, -0.1) is 0 Å². The van der Waals surface area contributed by atoms with E-state index >= 15 is 0 Å². The molecule has 0 amide bonds. The first kappa shape index (κ1) is 16.7. The maximum Gasteiger partial charge on any atom is 0.150 e. The van der Waals surface area contributed by atoms with E-state index in [9.17, 15) is 0 Å². The van der Waals surface area contributed by atoms with E-state index in [1.54, 1.807) is 12.4 Å². The average molecular weight is 349 g/mol. The lowest BCUT2D eigenvalue weighted by Crippen LogP contribution is -2.37. The SMILES string of the molecule is CCc1nc2n(n1)CC(NCc1ccccc1Oc1cccnc1)CC2. The van der Waals surface area contributed by atoms with Crippen LogP contribution in [0.25, 0.3) is 0 Å². The fourth-order valence-electron chi connectivity index (χ4n) is 3.22. The summed E-state index contributed by atoms with van der Waals surface area (Å²) >= 11 is 0. The molecule has 0 fully saturated rings. The summed E-state index contributed by atoms with van der Waals surface area (Å²) < 4.78 is 8.05. The third-order valence-corrected chi connectivity index (χ3v) is 4.63. The van der Waals surface area contributed by atoms with Gasteiger partial charge >= 0.3 is 0 Å². The van der Waals surface area contributed by atoms with E-state index in [-0.39, 0.29) is 0 Å². The summed E-state index contributed by atoms with van der Waals surface area (Å²) in [4.78, 5) is 8.69. The van der Waals surface area contributed by atoms with E-state index in [4.69, 9.17) is 4.74 Å². The van der Waals surface area contributed by atoms with Crippen molar-refractivity contribution in [2.45, 2.75) is 45.3 Å². The molecule has 1 unspecified atom stereocenters. The summed E-state index contributed by atoms with van der Waals surface area (Å²) in [6, 6.07) is 12.3. The summed E-state index contributed by atoms with van der Waals surface area (Å²) in [7, 11) is 0. The molecule has 0 spiro atoms. The van der Waals surface area contributed by atoms with Crippen LogP contribution in [0.1, 0.15) is 30.6 Å². The normalized spacial score (nSPS) is 16.3. The number of aryl methyl sites for hydroxylation is 2. The quantitative estimate of drug-likeness (QED) is 0.741. The van der Waals surface area contributed by atoms with Crippen molar-refractivity contribution in [3.63, 3.8) is 0 Å². The summed E-state index contributed by atoms with van der Waals surface area (Å²) in [6.45, 7) is 3.72. The van der Waals surface area contributed by atoms with E-state index in [0.29, 0.717) is 6.04 Å². The molecule has 1 aliphatic rings. The number of rotatable bonds is 6. The van der Waals surface area contributed by atoms with Crippen molar-refractivity contribution >= 4 is 0 Å². The standard InChI is InChI=1S/C20H23N5O/c1-2-19-23-20-10-9-16(14-25(20)24-19)22-12-15-6-3-4-8-18(15)26-17-7-5-11-21-13-17/h3-8,11,13,16,22H,2,9-10,12,14H2,1H3. The lowest BCUT2D eigenvalue weighted by atomic mass is 10.1. The molecule has 134 valence electrons. The van der Waals surface area contributed by atoms with Crippen molar-refractivity contribution in [2.75, 3.05) is 0 Å². The molecule has 0 aliphatic carbocycles. The highest BCUT2D eigenvalue weighted by Crippen LogP contribution is 2.25. The molecule has 6 heteroatoms. The van der Waals surface area contributed by atoms with E-state index in [2.05, 4.69) is 38.1 Å². The number of ether oxygens (including phenoxy) is 1. The zero-order valence-corrected chi connectivity index (χ0v) is 14.9. The highest BCUT2D eigenvalue weighted by atomic mass is 16.5. The minimum Gasteiger partial charge on any atom is -0.455 e. The Morgan fingerprint density at radius 3 is 3.00 bits per heavy atom. The number of nitrogens with zero attached hydrogens (tertiary/aromatic N) is 4. The predicted molar refractivity (Wildman–Crippen MR) is 99.1 cm³/mol. The Morgan fingerprint density at radius 2 is 2.15 bits per heavy atom. The number of para-hydroxylation sites is 1. The molecule has 0 bridgehead atoms. The Kier molecular flexibility index (Phi) is 4.93. The number of hydrogen-bond donors (Lipinski definition) is 1. The van der Waals surface area contributed by atoms with Gasteiger partial charge in [-0.3, -0.25) is 4.98 Å². The first-order chi connectivity index (χ1) is 12.8. The second kappa shape index (κ2) is 7.66. The summed E-state index contributed by atoms with van der Waals surface area (Å²) in [5, 5.41) is 8.23. The molecule has 4 rings (SSSR count). The average Bonchev–Trinajstić information content (AvgIpc) is 3.10. The Hall–Kier alpha value is -2.73. The Morgan fingerprint density at radius 1 is 1.23 bits per heavy atom. The number of aromatic nitrogens is 4. The molecule has 1 aliphatic heterocycles. The topological polar surface area (TPSA) is 64.9 Å². The molecular formula is C20H23N5O. The summed E-state index contributed by atoms with van der Waals surface area (Å²) in [5.41, 5.74) is 1.13. The van der Waals surface area contributed by atoms with Crippen LogP contribution in [-0.2, 0) is 25.9 Å². The van der Waals surface area contributed by atoms with Crippen LogP contribution in [0.3, 0.4) is 0 Å². The summed E-state index contributed by atoms with van der Waals surface area (Å²) in [5.74, 6) is 3.66. The van der Waals surface area contributed by atoms with Crippen LogP contribution in [0.5, 0.6) is 11.5 Å². The molecule has 6 nitrogen and oxygen atoms in total. The fourth-order valence-corrected chi connectivity index (χ4v) is 3.22. The second-order valence-corrected chi connectivity index (χ2v) is 6.49. The number of benzene rings is 1. The zero-order valence-electron chi connectivity index (χ0n) is 14.9. The minimum absolute atomic E-state index is 0.389. The van der Waals surface area contributed by atoms with Gasteiger partial charge in [0.1, 0.15) is 17.3 Å². The number of nitrogens with one attached hydrogen (secondary N) is 1. The first-order valence-electron chi connectivity index (χ1n) is 9.13. The van der Waals surface area contributed by atoms with Gasteiger partial charge in [0.15, 0.2) is 5.82 Å². The van der Waals surface area contributed by atoms with Gasteiger partial charge in [-0.25, -0.2) is 9.67 Å². The molecule has 3 aromatic rings. The zero-order chi connectivity index (χ0) is 17.8. The third kappa shape index (κ3) is 3.75. The molecule has 2 aromatic heterocycles. The van der Waals surface area contributed by atoms with Crippen molar-refractivity contribution in [3.8, 4) is 11.5 Å². The molecule has 1 atom stereocenters. The van der Waals surface area contributed by atoms with Crippen LogP contribution in [0.4, 0.5) is 0 Å². The van der Waals surface area contributed by atoms with Crippen LogP contribution in [-0.4, -0.2) is 25.8 Å². The molecule has 3 heterocycles. The maximum atomic E-state index is 5.99.